The third-order valence-corrected chi connectivity index (χ3v) is 6.00. The predicted molar refractivity (Wildman–Crippen MR) is 137 cm³/mol. The van der Waals surface area contributed by atoms with Gasteiger partial charge in [-0.1, -0.05) is 109 Å². The van der Waals surface area contributed by atoms with Crippen molar-refractivity contribution in [3.05, 3.63) is 144 Å². The van der Waals surface area contributed by atoms with Crippen molar-refractivity contribution < 1.29 is 0 Å². The first-order chi connectivity index (χ1) is 16.3. The minimum atomic E-state index is 0.715. The Morgan fingerprint density at radius 2 is 1.00 bits per heavy atom. The van der Waals surface area contributed by atoms with Gasteiger partial charge in [-0.3, -0.25) is 0 Å². The molecule has 1 heteroatoms. The molecule has 0 N–H and O–H groups in total. The van der Waals surface area contributed by atoms with Gasteiger partial charge in [0.1, 0.15) is 0 Å². The zero-order valence-corrected chi connectivity index (χ0v) is 18.3. The van der Waals surface area contributed by atoms with E-state index in [9.17, 15) is 0 Å². The highest BCUT2D eigenvalue weighted by atomic mass is 14.2. The van der Waals surface area contributed by atoms with Crippen molar-refractivity contribution in [2.75, 3.05) is 0 Å². The van der Waals surface area contributed by atoms with Gasteiger partial charge < -0.3 is 0 Å². The van der Waals surface area contributed by atoms with Crippen molar-refractivity contribution in [3.8, 4) is 39.4 Å². The van der Waals surface area contributed by atoms with E-state index in [1.54, 1.807) is 12.1 Å². The highest BCUT2D eigenvalue weighted by Crippen LogP contribution is 2.40. The lowest BCUT2D eigenvalue weighted by Crippen LogP contribution is -1.83. The summed E-state index contributed by atoms with van der Waals surface area (Å²) in [4.78, 5) is 0. The standard InChI is InChI=1S/C25H18.C7H5N/c1-3-7-18(8-4-1)20-13-14-24-23(15-20)16-22-12-11-21(17-25(22)24)19-9-5-2-6-10-19;8-6-7-4-2-1-3-5-7/h1-15,17H,16H2;1-5H. The Morgan fingerprint density at radius 3 is 1.58 bits per heavy atom. The molecule has 0 aromatic heterocycles. The molecule has 0 unspecified atom stereocenters. The van der Waals surface area contributed by atoms with Crippen LogP contribution in [-0.4, -0.2) is 0 Å². The number of rotatable bonds is 2. The van der Waals surface area contributed by atoms with Crippen molar-refractivity contribution in [1.82, 2.24) is 0 Å². The van der Waals surface area contributed by atoms with Gasteiger partial charge in [0.05, 0.1) is 11.6 Å². The topological polar surface area (TPSA) is 23.8 Å². The molecule has 156 valence electrons. The van der Waals surface area contributed by atoms with E-state index >= 15 is 0 Å². The molecule has 6 rings (SSSR count). The minimum Gasteiger partial charge on any atom is -0.192 e. The molecule has 5 aromatic carbocycles. The quantitative estimate of drug-likeness (QED) is 0.277. The smallest absolute Gasteiger partial charge is 0.0991 e. The summed E-state index contributed by atoms with van der Waals surface area (Å²) in [6.45, 7) is 0. The Labute approximate surface area is 195 Å². The molecule has 0 fully saturated rings. The summed E-state index contributed by atoms with van der Waals surface area (Å²) >= 11 is 0. The molecule has 5 aromatic rings. The van der Waals surface area contributed by atoms with Crippen LogP contribution >= 0.6 is 0 Å². The minimum absolute atomic E-state index is 0.715. The molecule has 0 atom stereocenters. The lowest BCUT2D eigenvalue weighted by molar-refractivity contribution is 1.26. The molecule has 0 heterocycles. The first-order valence-corrected chi connectivity index (χ1v) is 11.1. The Hall–Kier alpha value is -4.41. The first-order valence-electron chi connectivity index (χ1n) is 11.1. The summed E-state index contributed by atoms with van der Waals surface area (Å²) in [5, 5.41) is 8.29. The van der Waals surface area contributed by atoms with Gasteiger partial charge in [-0.2, -0.15) is 5.26 Å². The number of nitrogens with zero attached hydrogens (tertiary/aromatic N) is 1. The average molecular weight is 422 g/mol. The second-order valence-corrected chi connectivity index (χ2v) is 8.13. The van der Waals surface area contributed by atoms with Crippen LogP contribution < -0.4 is 0 Å². The monoisotopic (exact) mass is 421 g/mol. The third-order valence-electron chi connectivity index (χ3n) is 6.00. The van der Waals surface area contributed by atoms with Crippen LogP contribution in [0.3, 0.4) is 0 Å². The Kier molecular flexibility index (Phi) is 5.83. The van der Waals surface area contributed by atoms with E-state index in [4.69, 9.17) is 5.26 Å². The van der Waals surface area contributed by atoms with Crippen molar-refractivity contribution in [3.63, 3.8) is 0 Å². The first kappa shape index (κ1) is 20.5. The zero-order chi connectivity index (χ0) is 22.5. The van der Waals surface area contributed by atoms with Gasteiger partial charge in [-0.25, -0.2) is 0 Å². The molecule has 0 amide bonds. The predicted octanol–water partition coefficient (Wildman–Crippen LogP) is 8.15. The molecule has 1 nitrogen and oxygen atoms in total. The van der Waals surface area contributed by atoms with Crippen LogP contribution in [0.2, 0.25) is 0 Å². The second kappa shape index (κ2) is 9.39. The van der Waals surface area contributed by atoms with Crippen molar-refractivity contribution in [2.45, 2.75) is 6.42 Å². The molecule has 0 radical (unpaired) electrons. The van der Waals surface area contributed by atoms with Crippen molar-refractivity contribution in [1.29, 1.82) is 5.26 Å². The zero-order valence-electron chi connectivity index (χ0n) is 18.3. The summed E-state index contributed by atoms with van der Waals surface area (Å²) in [5.74, 6) is 0. The average Bonchev–Trinajstić information content (AvgIpc) is 3.27. The van der Waals surface area contributed by atoms with E-state index in [1.165, 1.54) is 44.5 Å². The fourth-order valence-electron chi connectivity index (χ4n) is 4.32. The molecule has 1 aliphatic carbocycles. The summed E-state index contributed by atoms with van der Waals surface area (Å²) in [6, 6.07) is 46.2. The number of benzene rings is 5. The molecule has 33 heavy (non-hydrogen) atoms. The normalized spacial score (nSPS) is 10.9. The van der Waals surface area contributed by atoms with Gasteiger partial charge in [0, 0.05) is 0 Å². The number of fused-ring (bicyclic) bond motifs is 3. The number of hydrogen-bond donors (Lipinski definition) is 0. The number of hydrogen-bond acceptors (Lipinski definition) is 1. The molecule has 0 aliphatic heterocycles. The lowest BCUT2D eigenvalue weighted by Gasteiger charge is -2.07. The van der Waals surface area contributed by atoms with Crippen LogP contribution in [-0.2, 0) is 6.42 Å². The molecule has 0 spiro atoms. The van der Waals surface area contributed by atoms with Gasteiger partial charge >= 0.3 is 0 Å². The van der Waals surface area contributed by atoms with Crippen LogP contribution in [0.15, 0.2) is 127 Å². The third kappa shape index (κ3) is 4.47. The van der Waals surface area contributed by atoms with Crippen LogP contribution in [0.4, 0.5) is 0 Å². The number of nitriles is 1. The fraction of sp³-hybridized carbons (Fsp3) is 0.0312. The van der Waals surface area contributed by atoms with E-state index in [0.29, 0.717) is 5.56 Å². The molecule has 1 aliphatic rings. The maximum absolute atomic E-state index is 8.29. The maximum Gasteiger partial charge on any atom is 0.0991 e. The lowest BCUT2D eigenvalue weighted by atomic mass is 9.97. The summed E-state index contributed by atoms with van der Waals surface area (Å²) in [6.07, 6.45) is 1.03. The second-order valence-electron chi connectivity index (χ2n) is 8.13. The van der Waals surface area contributed by atoms with Crippen molar-refractivity contribution in [2.24, 2.45) is 0 Å². The van der Waals surface area contributed by atoms with Crippen LogP contribution in [0.5, 0.6) is 0 Å². The van der Waals surface area contributed by atoms with Crippen molar-refractivity contribution >= 4 is 0 Å². The molecule has 0 bridgehead atoms. The maximum atomic E-state index is 8.29. The Bertz CT molecular complexity index is 1410. The fourth-order valence-corrected chi connectivity index (χ4v) is 4.32. The Balaban J connectivity index is 0.000000243. The summed E-state index contributed by atoms with van der Waals surface area (Å²) in [5.41, 5.74) is 11.5. The molecular weight excluding hydrogens is 398 g/mol. The molecule has 0 saturated heterocycles. The van der Waals surface area contributed by atoms with Gasteiger partial charge in [-0.15, -0.1) is 0 Å². The van der Waals surface area contributed by atoms with E-state index in [-0.39, 0.29) is 0 Å². The van der Waals surface area contributed by atoms with Crippen LogP contribution in [0, 0.1) is 11.3 Å². The molecule has 0 saturated carbocycles. The van der Waals surface area contributed by atoms with E-state index in [1.807, 2.05) is 24.3 Å². The SMILES string of the molecule is N#Cc1ccccc1.c1ccc(-c2ccc3c(c2)Cc2ccc(-c4ccccc4)cc2-3)cc1. The van der Waals surface area contributed by atoms with E-state index < -0.39 is 0 Å². The summed E-state index contributed by atoms with van der Waals surface area (Å²) < 4.78 is 0. The van der Waals surface area contributed by atoms with Gasteiger partial charge in [-0.05, 0) is 69.1 Å². The summed E-state index contributed by atoms with van der Waals surface area (Å²) in [7, 11) is 0. The Morgan fingerprint density at radius 1 is 0.455 bits per heavy atom. The molecular formula is C32H23N. The highest BCUT2D eigenvalue weighted by Gasteiger charge is 2.19. The van der Waals surface area contributed by atoms with Crippen LogP contribution in [0.25, 0.3) is 33.4 Å². The highest BCUT2D eigenvalue weighted by molar-refractivity contribution is 5.83. The van der Waals surface area contributed by atoms with Crippen LogP contribution in [0.1, 0.15) is 16.7 Å². The van der Waals surface area contributed by atoms with E-state index in [2.05, 4.69) is 97.1 Å². The van der Waals surface area contributed by atoms with Gasteiger partial charge in [0.2, 0.25) is 0 Å². The van der Waals surface area contributed by atoms with Gasteiger partial charge in [0.25, 0.3) is 0 Å². The largest absolute Gasteiger partial charge is 0.192 e. The van der Waals surface area contributed by atoms with E-state index in [0.717, 1.165) is 6.42 Å². The van der Waals surface area contributed by atoms with Gasteiger partial charge in [0.15, 0.2) is 0 Å².